The highest BCUT2D eigenvalue weighted by Gasteiger charge is 2.20. The van der Waals surface area contributed by atoms with Crippen molar-refractivity contribution in [2.45, 2.75) is 13.3 Å². The Morgan fingerprint density at radius 2 is 1.89 bits per heavy atom. The number of Topliss-reactive ketones (excluding diaryl/α,β-unsaturated/α-hetero) is 1. The van der Waals surface area contributed by atoms with Gasteiger partial charge in [-0.3, -0.25) is 9.69 Å². The number of carbonyl (C=O) groups excluding carboxylic acids is 1. The van der Waals surface area contributed by atoms with Crippen molar-refractivity contribution < 1.29 is 9.90 Å². The number of hydrogen-bond donors (Lipinski definition) is 1. The number of ketones is 1. The Morgan fingerprint density at radius 3 is 2.53 bits per heavy atom. The van der Waals surface area contributed by atoms with Crippen LogP contribution in [0.5, 0.6) is 0 Å². The SMILES string of the molecule is CCC(=O)c1ccccc1N1CCN(CCO)CC1. The van der Waals surface area contributed by atoms with Gasteiger partial charge in [0.15, 0.2) is 5.78 Å². The van der Waals surface area contributed by atoms with Gasteiger partial charge in [-0.15, -0.1) is 0 Å². The zero-order valence-electron chi connectivity index (χ0n) is 11.5. The van der Waals surface area contributed by atoms with Crippen LogP contribution in [0.25, 0.3) is 0 Å². The molecule has 1 aromatic carbocycles. The second kappa shape index (κ2) is 6.68. The highest BCUT2D eigenvalue weighted by atomic mass is 16.3. The number of hydrogen-bond acceptors (Lipinski definition) is 4. The van der Waals surface area contributed by atoms with Crippen LogP contribution in [0.15, 0.2) is 24.3 Å². The molecule has 1 aliphatic heterocycles. The lowest BCUT2D eigenvalue weighted by Gasteiger charge is -2.36. The number of benzene rings is 1. The molecule has 0 aliphatic carbocycles. The minimum absolute atomic E-state index is 0.202. The fourth-order valence-corrected chi connectivity index (χ4v) is 2.53. The molecule has 0 spiro atoms. The summed E-state index contributed by atoms with van der Waals surface area (Å²) in [5, 5.41) is 8.95. The zero-order valence-corrected chi connectivity index (χ0v) is 11.5. The summed E-state index contributed by atoms with van der Waals surface area (Å²) in [7, 11) is 0. The Bertz CT molecular complexity index is 426. The molecule has 1 N–H and O–H groups in total. The van der Waals surface area contributed by atoms with E-state index in [9.17, 15) is 4.79 Å². The summed E-state index contributed by atoms with van der Waals surface area (Å²) in [5.41, 5.74) is 1.89. The van der Waals surface area contributed by atoms with E-state index in [4.69, 9.17) is 5.11 Å². The van der Waals surface area contributed by atoms with Gasteiger partial charge in [-0.1, -0.05) is 19.1 Å². The predicted octanol–water partition coefficient (Wildman–Crippen LogP) is 1.39. The van der Waals surface area contributed by atoms with E-state index in [1.165, 1.54) is 0 Å². The molecule has 0 saturated carbocycles. The molecular weight excluding hydrogens is 240 g/mol. The fourth-order valence-electron chi connectivity index (χ4n) is 2.53. The van der Waals surface area contributed by atoms with Crippen LogP contribution in [0.3, 0.4) is 0 Å². The number of anilines is 1. The van der Waals surface area contributed by atoms with E-state index in [2.05, 4.69) is 9.80 Å². The zero-order chi connectivity index (χ0) is 13.7. The molecule has 0 atom stereocenters. The van der Waals surface area contributed by atoms with Gasteiger partial charge in [0.25, 0.3) is 0 Å². The molecule has 0 unspecified atom stereocenters. The van der Waals surface area contributed by atoms with Gasteiger partial charge in [-0.25, -0.2) is 0 Å². The number of β-amino-alcohol motifs (C(OH)–C–C–N with tert-alkyl or cyclic N) is 1. The van der Waals surface area contributed by atoms with Crippen LogP contribution in [-0.4, -0.2) is 55.1 Å². The molecule has 0 amide bonds. The van der Waals surface area contributed by atoms with Gasteiger partial charge in [0.1, 0.15) is 0 Å². The van der Waals surface area contributed by atoms with Gasteiger partial charge < -0.3 is 10.0 Å². The van der Waals surface area contributed by atoms with Crippen LogP contribution in [0.4, 0.5) is 5.69 Å². The monoisotopic (exact) mass is 262 g/mol. The first-order valence-electron chi connectivity index (χ1n) is 6.96. The second-order valence-corrected chi connectivity index (χ2v) is 4.85. The van der Waals surface area contributed by atoms with Crippen LogP contribution in [-0.2, 0) is 0 Å². The lowest BCUT2D eigenvalue weighted by Crippen LogP contribution is -2.47. The minimum atomic E-state index is 0.202. The largest absolute Gasteiger partial charge is 0.395 e. The van der Waals surface area contributed by atoms with Crippen molar-refractivity contribution in [1.29, 1.82) is 0 Å². The lowest BCUT2D eigenvalue weighted by atomic mass is 10.1. The molecule has 19 heavy (non-hydrogen) atoms. The predicted molar refractivity (Wildman–Crippen MR) is 76.8 cm³/mol. The quantitative estimate of drug-likeness (QED) is 0.815. The van der Waals surface area contributed by atoms with Crippen LogP contribution in [0.2, 0.25) is 0 Å². The van der Waals surface area contributed by atoms with Gasteiger partial charge in [-0.05, 0) is 12.1 Å². The second-order valence-electron chi connectivity index (χ2n) is 4.85. The Hall–Kier alpha value is -1.39. The van der Waals surface area contributed by atoms with E-state index in [-0.39, 0.29) is 12.4 Å². The standard InChI is InChI=1S/C15H22N2O2/c1-2-15(19)13-5-3-4-6-14(13)17-9-7-16(8-10-17)11-12-18/h3-6,18H,2,7-12H2,1H3. The van der Waals surface area contributed by atoms with Crippen LogP contribution >= 0.6 is 0 Å². The van der Waals surface area contributed by atoms with Crippen molar-refractivity contribution in [3.8, 4) is 0 Å². The smallest absolute Gasteiger partial charge is 0.164 e. The summed E-state index contributed by atoms with van der Waals surface area (Å²) >= 11 is 0. The number of carbonyl (C=O) groups is 1. The van der Waals surface area contributed by atoms with Crippen molar-refractivity contribution in [2.75, 3.05) is 44.2 Å². The molecule has 1 aliphatic rings. The van der Waals surface area contributed by atoms with E-state index in [0.29, 0.717) is 6.42 Å². The molecule has 1 heterocycles. The molecule has 0 radical (unpaired) electrons. The third-order valence-electron chi connectivity index (χ3n) is 3.65. The van der Waals surface area contributed by atoms with Crippen LogP contribution in [0, 0.1) is 0 Å². The third-order valence-corrected chi connectivity index (χ3v) is 3.65. The Morgan fingerprint density at radius 1 is 1.21 bits per heavy atom. The lowest BCUT2D eigenvalue weighted by molar-refractivity contribution is 0.0988. The van der Waals surface area contributed by atoms with Crippen molar-refractivity contribution in [1.82, 2.24) is 4.90 Å². The van der Waals surface area contributed by atoms with Gasteiger partial charge in [0, 0.05) is 50.4 Å². The number of para-hydroxylation sites is 1. The molecular formula is C15H22N2O2. The van der Waals surface area contributed by atoms with E-state index >= 15 is 0 Å². The van der Waals surface area contributed by atoms with Crippen molar-refractivity contribution >= 4 is 11.5 Å². The maximum absolute atomic E-state index is 12.0. The number of rotatable bonds is 5. The summed E-state index contributed by atoms with van der Waals surface area (Å²) < 4.78 is 0. The molecule has 1 fully saturated rings. The fraction of sp³-hybridized carbons (Fsp3) is 0.533. The first-order valence-corrected chi connectivity index (χ1v) is 6.96. The first kappa shape index (κ1) is 14.0. The van der Waals surface area contributed by atoms with Crippen molar-refractivity contribution in [3.63, 3.8) is 0 Å². The molecule has 4 heteroatoms. The third kappa shape index (κ3) is 3.33. The summed E-state index contributed by atoms with van der Waals surface area (Å²) in [4.78, 5) is 16.5. The van der Waals surface area contributed by atoms with E-state index in [1.54, 1.807) is 0 Å². The van der Waals surface area contributed by atoms with Gasteiger partial charge in [0.05, 0.1) is 6.61 Å². The number of piperazine rings is 1. The van der Waals surface area contributed by atoms with Crippen molar-refractivity contribution in [2.24, 2.45) is 0 Å². The summed E-state index contributed by atoms with van der Waals surface area (Å²) in [5.74, 6) is 0.202. The average Bonchev–Trinajstić information content (AvgIpc) is 2.47. The molecule has 0 aromatic heterocycles. The van der Waals surface area contributed by atoms with E-state index in [1.807, 2.05) is 31.2 Å². The van der Waals surface area contributed by atoms with E-state index < -0.39 is 0 Å². The highest BCUT2D eigenvalue weighted by molar-refractivity contribution is 6.01. The van der Waals surface area contributed by atoms with Crippen LogP contribution in [0.1, 0.15) is 23.7 Å². The van der Waals surface area contributed by atoms with Crippen molar-refractivity contribution in [3.05, 3.63) is 29.8 Å². The van der Waals surface area contributed by atoms with E-state index in [0.717, 1.165) is 44.0 Å². The first-order chi connectivity index (χ1) is 9.26. The molecule has 0 bridgehead atoms. The summed E-state index contributed by atoms with van der Waals surface area (Å²) in [6, 6.07) is 7.86. The maximum Gasteiger partial charge on any atom is 0.164 e. The molecule has 104 valence electrons. The van der Waals surface area contributed by atoms with Gasteiger partial charge in [-0.2, -0.15) is 0 Å². The number of aliphatic hydroxyl groups excluding tert-OH is 1. The molecule has 2 rings (SSSR count). The molecule has 1 aromatic rings. The normalized spacial score (nSPS) is 16.6. The molecule has 4 nitrogen and oxygen atoms in total. The molecule has 1 saturated heterocycles. The Kier molecular flexibility index (Phi) is 4.93. The van der Waals surface area contributed by atoms with Crippen LogP contribution < -0.4 is 4.90 Å². The summed E-state index contributed by atoms with van der Waals surface area (Å²) in [6.07, 6.45) is 0.543. The summed E-state index contributed by atoms with van der Waals surface area (Å²) in [6.45, 7) is 6.55. The van der Waals surface area contributed by atoms with Gasteiger partial charge >= 0.3 is 0 Å². The maximum atomic E-state index is 12.0. The number of aliphatic hydroxyl groups is 1. The Labute approximate surface area is 114 Å². The number of nitrogens with zero attached hydrogens (tertiary/aromatic N) is 2. The Balaban J connectivity index is 2.09. The topological polar surface area (TPSA) is 43.8 Å². The average molecular weight is 262 g/mol. The minimum Gasteiger partial charge on any atom is -0.395 e. The van der Waals surface area contributed by atoms with Gasteiger partial charge in [0.2, 0.25) is 0 Å². The highest BCUT2D eigenvalue weighted by Crippen LogP contribution is 2.23.